The molecule has 2 heterocycles. The van der Waals surface area contributed by atoms with Crippen LogP contribution in [0.3, 0.4) is 0 Å². The maximum Gasteiger partial charge on any atom is 0.320 e. The Hall–Kier alpha value is -1.78. The predicted octanol–water partition coefficient (Wildman–Crippen LogP) is -1.24. The lowest BCUT2D eigenvalue weighted by atomic mass is 10.4. The van der Waals surface area contributed by atoms with Gasteiger partial charge in [-0.2, -0.15) is 0 Å². The van der Waals surface area contributed by atoms with Crippen LogP contribution in [0.1, 0.15) is 0 Å². The van der Waals surface area contributed by atoms with E-state index in [4.69, 9.17) is 5.73 Å². The van der Waals surface area contributed by atoms with Gasteiger partial charge >= 0.3 is 5.56 Å². The summed E-state index contributed by atoms with van der Waals surface area (Å²) >= 11 is 0. The van der Waals surface area contributed by atoms with Gasteiger partial charge in [0.05, 0.1) is 0 Å². The van der Waals surface area contributed by atoms with E-state index in [0.29, 0.717) is 0 Å². The average molecular weight is 149 g/mol. The average Bonchev–Trinajstić information content (AvgIpc) is 2.37. The van der Waals surface area contributed by atoms with Crippen LogP contribution in [-0.4, -0.2) is 9.97 Å². The van der Waals surface area contributed by atoms with E-state index in [-0.39, 0.29) is 17.2 Å². The molecule has 2 rings (SSSR count). The number of rotatable bonds is 0. The monoisotopic (exact) mass is 149 g/mol. The van der Waals surface area contributed by atoms with Gasteiger partial charge in [-0.05, 0) is 0 Å². The van der Waals surface area contributed by atoms with Gasteiger partial charge in [-0.3, -0.25) is 9.59 Å². The molecule has 11 heavy (non-hydrogen) atoms. The molecule has 2 aliphatic heterocycles. The Bertz CT molecular complexity index is 455. The van der Waals surface area contributed by atoms with Crippen LogP contribution in [0.5, 0.6) is 0 Å². The first-order valence-electron chi connectivity index (χ1n) is 2.92. The lowest BCUT2D eigenvalue weighted by Gasteiger charge is -1.73. The molecule has 2 N–H and O–H groups in total. The zero-order valence-electron chi connectivity index (χ0n) is 5.37. The number of anilines is 1. The van der Waals surface area contributed by atoms with E-state index >= 15 is 0 Å². The molecule has 0 aromatic heterocycles. The van der Waals surface area contributed by atoms with E-state index in [9.17, 15) is 9.59 Å². The lowest BCUT2D eigenvalue weighted by Crippen LogP contribution is -2.19. The van der Waals surface area contributed by atoms with E-state index < -0.39 is 11.0 Å². The highest BCUT2D eigenvalue weighted by atomic mass is 16.2. The molecule has 54 valence electrons. The molecule has 0 fully saturated rings. The van der Waals surface area contributed by atoms with Crippen LogP contribution in [0.2, 0.25) is 0 Å². The second-order valence-electron chi connectivity index (χ2n) is 2.16. The molecule has 5 nitrogen and oxygen atoms in total. The zero-order chi connectivity index (χ0) is 8.01. The second kappa shape index (κ2) is 1.63. The molecule has 0 spiro atoms. The fourth-order valence-electron chi connectivity index (χ4n) is 0.941. The molecule has 0 unspecified atom stereocenters. The Balaban J connectivity index is 2.98. The Kier molecular flexibility index (Phi) is 0.883. The first-order valence-corrected chi connectivity index (χ1v) is 2.92. The van der Waals surface area contributed by atoms with Crippen molar-refractivity contribution < 1.29 is 0 Å². The van der Waals surface area contributed by atoms with Gasteiger partial charge in [-0.1, -0.05) is 0 Å². The van der Waals surface area contributed by atoms with Crippen molar-refractivity contribution in [3.8, 4) is 11.4 Å². The standard InChI is InChI=1S/C6H3N3O2/c7-3-1-2-4(9-3)5(10)6(11)8-2/h1H,7H2. The molecule has 2 aliphatic rings. The van der Waals surface area contributed by atoms with Crippen molar-refractivity contribution in [2.24, 2.45) is 0 Å². The van der Waals surface area contributed by atoms with Crippen molar-refractivity contribution in [3.63, 3.8) is 0 Å². The Morgan fingerprint density at radius 2 is 2.00 bits per heavy atom. The van der Waals surface area contributed by atoms with Crippen LogP contribution in [0.25, 0.3) is 11.4 Å². The van der Waals surface area contributed by atoms with Gasteiger partial charge in [-0.25, -0.2) is 9.97 Å². The molecule has 0 bridgehead atoms. The smallest absolute Gasteiger partial charge is 0.320 e. The van der Waals surface area contributed by atoms with Crippen molar-refractivity contribution >= 4 is 5.82 Å². The Morgan fingerprint density at radius 1 is 1.27 bits per heavy atom. The van der Waals surface area contributed by atoms with Crippen LogP contribution in [0.4, 0.5) is 5.82 Å². The van der Waals surface area contributed by atoms with E-state index in [2.05, 4.69) is 9.97 Å². The molecule has 0 saturated carbocycles. The molecule has 0 atom stereocenters. The fourth-order valence-corrected chi connectivity index (χ4v) is 0.941. The predicted molar refractivity (Wildman–Crippen MR) is 38.0 cm³/mol. The zero-order valence-corrected chi connectivity index (χ0v) is 5.37. The van der Waals surface area contributed by atoms with Crippen molar-refractivity contribution in [2.75, 3.05) is 5.73 Å². The van der Waals surface area contributed by atoms with E-state index in [1.165, 1.54) is 6.07 Å². The minimum Gasteiger partial charge on any atom is -0.384 e. The fraction of sp³-hybridized carbons (Fsp3) is 0. The van der Waals surface area contributed by atoms with Gasteiger partial charge in [0, 0.05) is 6.07 Å². The summed E-state index contributed by atoms with van der Waals surface area (Å²) in [6.45, 7) is 0. The second-order valence-corrected chi connectivity index (χ2v) is 2.16. The normalized spacial score (nSPS) is 10.9. The van der Waals surface area contributed by atoms with Crippen LogP contribution < -0.4 is 16.7 Å². The third-order valence-electron chi connectivity index (χ3n) is 1.40. The van der Waals surface area contributed by atoms with Crippen LogP contribution in [0.15, 0.2) is 15.7 Å². The first-order chi connectivity index (χ1) is 5.18. The van der Waals surface area contributed by atoms with Gasteiger partial charge in [0.15, 0.2) is 0 Å². The summed E-state index contributed by atoms with van der Waals surface area (Å²) in [5, 5.41) is 0. The third kappa shape index (κ3) is 0.644. The van der Waals surface area contributed by atoms with Gasteiger partial charge < -0.3 is 5.73 Å². The molecule has 0 radical (unpaired) electrons. The molecule has 0 saturated heterocycles. The summed E-state index contributed by atoms with van der Waals surface area (Å²) in [6.07, 6.45) is 0. The highest BCUT2D eigenvalue weighted by Gasteiger charge is 2.17. The summed E-state index contributed by atoms with van der Waals surface area (Å²) in [7, 11) is 0. The molecular weight excluding hydrogens is 146 g/mol. The molecule has 0 amide bonds. The van der Waals surface area contributed by atoms with Crippen molar-refractivity contribution in [1.29, 1.82) is 0 Å². The van der Waals surface area contributed by atoms with Crippen LogP contribution in [-0.2, 0) is 0 Å². The highest BCUT2D eigenvalue weighted by molar-refractivity contribution is 5.63. The molecule has 0 aliphatic carbocycles. The van der Waals surface area contributed by atoms with Crippen LogP contribution >= 0.6 is 0 Å². The quantitative estimate of drug-likeness (QED) is 0.473. The number of fused-ring (bicyclic) bond motifs is 1. The van der Waals surface area contributed by atoms with Gasteiger partial charge in [0.2, 0.25) is 0 Å². The largest absolute Gasteiger partial charge is 0.384 e. The summed E-state index contributed by atoms with van der Waals surface area (Å²) in [6, 6.07) is 1.40. The number of nitrogens with two attached hydrogens (primary N) is 1. The van der Waals surface area contributed by atoms with Crippen LogP contribution in [0, 0.1) is 0 Å². The summed E-state index contributed by atoms with van der Waals surface area (Å²) in [5.74, 6) is 0.222. The first kappa shape index (κ1) is 5.96. The maximum atomic E-state index is 10.8. The van der Waals surface area contributed by atoms with Crippen molar-refractivity contribution in [3.05, 3.63) is 26.6 Å². The van der Waals surface area contributed by atoms with E-state index in [1.54, 1.807) is 0 Å². The number of hydrogen-bond donors (Lipinski definition) is 1. The number of hydrogen-bond acceptors (Lipinski definition) is 5. The van der Waals surface area contributed by atoms with Gasteiger partial charge in [-0.15, -0.1) is 0 Å². The summed E-state index contributed by atoms with van der Waals surface area (Å²) < 4.78 is 0. The topological polar surface area (TPSA) is 85.9 Å². The van der Waals surface area contributed by atoms with Crippen molar-refractivity contribution in [2.45, 2.75) is 0 Å². The maximum absolute atomic E-state index is 10.8. The number of nitrogen functional groups attached to an aromatic ring is 1. The SMILES string of the molecule is Nc1cc2nc(=O)c(=O)c-2n1. The molecular formula is C6H3N3O2. The molecule has 0 aromatic carbocycles. The number of nitrogens with zero attached hydrogens (tertiary/aromatic N) is 2. The highest BCUT2D eigenvalue weighted by Crippen LogP contribution is 2.14. The van der Waals surface area contributed by atoms with E-state index in [1.807, 2.05) is 0 Å². The lowest BCUT2D eigenvalue weighted by molar-refractivity contribution is 1.31. The third-order valence-corrected chi connectivity index (χ3v) is 1.40. The summed E-state index contributed by atoms with van der Waals surface area (Å²) in [4.78, 5) is 28.5. The number of aromatic nitrogens is 2. The Morgan fingerprint density at radius 3 is 2.64 bits per heavy atom. The van der Waals surface area contributed by atoms with Gasteiger partial charge in [0.25, 0.3) is 5.43 Å². The minimum absolute atomic E-state index is 0.0764. The summed E-state index contributed by atoms with van der Waals surface area (Å²) in [5.41, 5.74) is 4.20. The minimum atomic E-state index is -0.762. The molecule has 0 aromatic rings. The van der Waals surface area contributed by atoms with E-state index in [0.717, 1.165) is 0 Å². The molecule has 5 heteroatoms. The van der Waals surface area contributed by atoms with Gasteiger partial charge in [0.1, 0.15) is 17.2 Å². The van der Waals surface area contributed by atoms with Crippen molar-refractivity contribution in [1.82, 2.24) is 9.97 Å². The Labute approximate surface area is 60.5 Å².